The van der Waals surface area contributed by atoms with Gasteiger partial charge >= 0.3 is 0 Å². The lowest BCUT2D eigenvalue weighted by molar-refractivity contribution is 0.471. The summed E-state index contributed by atoms with van der Waals surface area (Å²) in [5, 5.41) is 59.5. The summed E-state index contributed by atoms with van der Waals surface area (Å²) < 4.78 is 285. The van der Waals surface area contributed by atoms with Gasteiger partial charge in [-0.15, -0.1) is 30.7 Å². The number of nitrogens with two attached hydrogens (primary N) is 1. The predicted octanol–water partition coefficient (Wildman–Crippen LogP) is 9.79. The number of rotatable bonds is 16. The number of nitrogen functional groups attached to an aromatic ring is 1. The van der Waals surface area contributed by atoms with E-state index >= 15 is 0 Å². The summed E-state index contributed by atoms with van der Waals surface area (Å²) >= 11 is 0. The van der Waals surface area contributed by atoms with Crippen LogP contribution in [-0.2, 0) is 80.9 Å². The van der Waals surface area contributed by atoms with E-state index in [1.807, 2.05) is 0 Å². The minimum atomic E-state index is -5.79. The second-order valence-corrected chi connectivity index (χ2v) is 30.5. The van der Waals surface area contributed by atoms with Gasteiger partial charge in [0.25, 0.3) is 80.9 Å². The molecule has 10 aromatic carbocycles. The van der Waals surface area contributed by atoms with Crippen molar-refractivity contribution in [3.8, 4) is 17.2 Å². The largest absolute Gasteiger partial charge is 0.505 e. The first-order chi connectivity index (χ1) is 43.3. The number of aromatic hydroxyl groups is 3. The summed E-state index contributed by atoms with van der Waals surface area (Å²) in [6.45, 7) is 0. The Bertz CT molecular complexity index is 6210. The SMILES string of the molecule is Nc1c(N=Nc2ccc3c(O)c(N=Nc4ccc5cccc(S(=O)(=O)O)c5c4)c(S(=O)(=O)O)cc3c2S(=O)(=O)O)c(S(=O)(=O)O)cc2cc(S(=O)(=O)O)c(N=Nc3ccc4c(O)c(N=Nc5ccc6cc(S(=O)(=O)O)ccc6c5)c(S(=O)(=O)O)cc4c3S(=O)(=O)O)c(O)c12. The van der Waals surface area contributed by atoms with Gasteiger partial charge in [-0.3, -0.25) is 36.4 Å². The molecule has 0 heterocycles. The molecule has 0 unspecified atom stereocenters. The van der Waals surface area contributed by atoms with E-state index in [0.717, 1.165) is 36.4 Å². The van der Waals surface area contributed by atoms with Crippen molar-refractivity contribution in [2.24, 2.45) is 40.9 Å². The average molecular weight is 1450 g/mol. The number of nitrogens with zero attached hydrogens (tertiary/aromatic N) is 8. The molecule has 0 aliphatic heterocycles. The first-order valence-corrected chi connectivity index (χ1v) is 36.2. The van der Waals surface area contributed by atoms with Crippen molar-refractivity contribution in [1.82, 2.24) is 0 Å². The molecule has 36 nitrogen and oxygen atoms in total. The zero-order valence-electron chi connectivity index (χ0n) is 45.4. The van der Waals surface area contributed by atoms with Crippen LogP contribution in [0.2, 0.25) is 0 Å². The van der Waals surface area contributed by atoms with E-state index in [4.69, 9.17) is 5.73 Å². The fraction of sp³-hybridized carbons (Fsp3) is 0. The molecule has 0 saturated carbocycles. The maximum Gasteiger partial charge on any atom is 0.297 e. The maximum atomic E-state index is 13.2. The molecule has 0 fully saturated rings. The van der Waals surface area contributed by atoms with Crippen molar-refractivity contribution in [2.45, 2.75) is 39.2 Å². The summed E-state index contributed by atoms with van der Waals surface area (Å²) in [7, 11) is -43.7. The molecule has 0 aromatic heterocycles. The van der Waals surface area contributed by atoms with Crippen molar-refractivity contribution in [1.29, 1.82) is 0 Å². The van der Waals surface area contributed by atoms with Crippen molar-refractivity contribution in [3.63, 3.8) is 0 Å². The highest BCUT2D eigenvalue weighted by molar-refractivity contribution is 7.88. The van der Waals surface area contributed by atoms with E-state index in [9.17, 15) is 119 Å². The molecule has 0 amide bonds. The Morgan fingerprint density at radius 2 is 0.681 bits per heavy atom. The molecule has 94 heavy (non-hydrogen) atoms. The lowest BCUT2D eigenvalue weighted by Crippen LogP contribution is -2.04. The minimum absolute atomic E-state index is 0.104. The van der Waals surface area contributed by atoms with Crippen LogP contribution in [0.3, 0.4) is 0 Å². The lowest BCUT2D eigenvalue weighted by Gasteiger charge is -2.15. The van der Waals surface area contributed by atoms with Crippen molar-refractivity contribution < 1.29 is 119 Å². The van der Waals surface area contributed by atoms with E-state index in [-0.39, 0.29) is 27.5 Å². The Morgan fingerprint density at radius 3 is 1.14 bits per heavy atom. The Hall–Kier alpha value is -9.62. The van der Waals surface area contributed by atoms with E-state index in [0.29, 0.717) is 41.8 Å². The number of hydrogen-bond donors (Lipinski definition) is 12. The van der Waals surface area contributed by atoms with Crippen LogP contribution in [0.1, 0.15) is 0 Å². The molecule has 0 radical (unpaired) electrons. The summed E-state index contributed by atoms with van der Waals surface area (Å²) in [6, 6.07) is 18.8. The highest BCUT2D eigenvalue weighted by Gasteiger charge is 2.33. The predicted molar refractivity (Wildman–Crippen MR) is 324 cm³/mol. The van der Waals surface area contributed by atoms with Gasteiger partial charge in [0, 0.05) is 26.9 Å². The van der Waals surface area contributed by atoms with Gasteiger partial charge < -0.3 is 21.1 Å². The third kappa shape index (κ3) is 12.9. The zero-order valence-corrected chi connectivity index (χ0v) is 52.0. The topological polar surface area (TPSA) is 621 Å². The van der Waals surface area contributed by atoms with Crippen LogP contribution in [-0.4, -0.2) is 119 Å². The third-order valence-electron chi connectivity index (χ3n) is 13.5. The normalized spacial score (nSPS) is 13.6. The molecule has 0 spiro atoms. The molecule has 0 saturated heterocycles. The monoisotopic (exact) mass is 1450 g/mol. The summed E-state index contributed by atoms with van der Waals surface area (Å²) in [6.07, 6.45) is 0. The fourth-order valence-electron chi connectivity index (χ4n) is 9.53. The highest BCUT2D eigenvalue weighted by Crippen LogP contribution is 2.51. The number of hydrogen-bond acceptors (Lipinski definition) is 28. The van der Waals surface area contributed by atoms with Gasteiger partial charge in [-0.2, -0.15) is 77.6 Å². The molecule has 0 aliphatic rings. The average Bonchev–Trinajstić information content (AvgIpc) is 0.750. The van der Waals surface area contributed by atoms with E-state index in [1.165, 1.54) is 48.5 Å². The summed E-state index contributed by atoms with van der Waals surface area (Å²) in [5.74, 6) is -4.07. The molecule has 488 valence electrons. The Balaban J connectivity index is 1.10. The standard InChI is InChI=1S/C50H33N9O27S8/c51-41-40-24(16-36(89(69,70)71)42(41)56-54-33-12-10-28-31(49(33)93(81,82)83)19-39(92(78,79)80)44(47(28)61)58-53-26-7-4-21-2-1-3-35(30(21)18-26)88(66,67)68)17-37(90(72,73)74)45(48(40)62)59-55-34-13-11-29-32(50(34)94(84,85)86)20-38(91(75,76)77)43(46(29)60)57-52-25-8-5-23-15-27(87(63,64)65)9-6-22(23)14-25/h1-20,60-62H,51H2,(H,63,64,65)(H,66,67,68)(H,69,70,71)(H,72,73,74)(H,75,76,77)(H,78,79,80)(H,81,82,83)(H,84,85,86). The number of anilines is 1. The summed E-state index contributed by atoms with van der Waals surface area (Å²) in [5.41, 5.74) is -2.35. The quantitative estimate of drug-likeness (QED) is 0.0243. The molecule has 13 N–H and O–H groups in total. The Kier molecular flexibility index (Phi) is 16.6. The Morgan fingerprint density at radius 1 is 0.287 bits per heavy atom. The third-order valence-corrected chi connectivity index (χ3v) is 20.6. The number of benzene rings is 10. The molecular weight excluding hydrogens is 1420 g/mol. The van der Waals surface area contributed by atoms with Crippen LogP contribution in [0, 0.1) is 0 Å². The molecule has 0 bridgehead atoms. The number of fused-ring (bicyclic) bond motifs is 5. The number of phenols is 3. The molecule has 44 heteroatoms. The van der Waals surface area contributed by atoms with E-state index in [2.05, 4.69) is 40.9 Å². The zero-order chi connectivity index (χ0) is 69.1. The van der Waals surface area contributed by atoms with E-state index in [1.54, 1.807) is 0 Å². The van der Waals surface area contributed by atoms with Crippen LogP contribution >= 0.6 is 0 Å². The first-order valence-electron chi connectivity index (χ1n) is 24.6. The molecule has 10 rings (SSSR count). The summed E-state index contributed by atoms with van der Waals surface area (Å²) in [4.78, 5) is -9.78. The van der Waals surface area contributed by atoms with Gasteiger partial charge in [-0.05, 0) is 113 Å². The lowest BCUT2D eigenvalue weighted by atomic mass is 10.0. The van der Waals surface area contributed by atoms with Crippen molar-refractivity contribution >= 4 is 186 Å². The van der Waals surface area contributed by atoms with Gasteiger partial charge in [-0.1, -0.05) is 30.3 Å². The van der Waals surface area contributed by atoms with Gasteiger partial charge in [-0.25, -0.2) is 0 Å². The van der Waals surface area contributed by atoms with Gasteiger partial charge in [0.05, 0.1) is 27.3 Å². The molecule has 0 aliphatic carbocycles. The highest BCUT2D eigenvalue weighted by atomic mass is 32.2. The van der Waals surface area contributed by atoms with Crippen molar-refractivity contribution in [3.05, 3.63) is 121 Å². The molecule has 0 atom stereocenters. The Labute approximate surface area is 526 Å². The van der Waals surface area contributed by atoms with Gasteiger partial charge in [0.1, 0.15) is 68.4 Å². The second-order valence-electron chi connectivity index (χ2n) is 19.4. The van der Waals surface area contributed by atoms with Gasteiger partial charge in [0.15, 0.2) is 17.2 Å². The number of phenolic OH excluding ortho intramolecular Hbond substituents is 3. The van der Waals surface area contributed by atoms with Gasteiger partial charge in [0.2, 0.25) is 0 Å². The van der Waals surface area contributed by atoms with Crippen LogP contribution in [0.15, 0.2) is 201 Å². The van der Waals surface area contributed by atoms with Crippen molar-refractivity contribution in [2.75, 3.05) is 5.73 Å². The smallest absolute Gasteiger partial charge is 0.297 e. The van der Waals surface area contributed by atoms with E-state index < -0.39 is 209 Å². The van der Waals surface area contributed by atoms with Crippen LogP contribution < -0.4 is 5.73 Å². The van der Waals surface area contributed by atoms with Crippen LogP contribution in [0.25, 0.3) is 53.9 Å². The minimum Gasteiger partial charge on any atom is -0.505 e. The number of azo groups is 4. The fourth-order valence-corrected chi connectivity index (χ4v) is 15.0. The van der Waals surface area contributed by atoms with Crippen LogP contribution in [0.5, 0.6) is 17.2 Å². The molecular formula is C50H33N9O27S8. The molecule has 10 aromatic rings. The van der Waals surface area contributed by atoms with Crippen LogP contribution in [0.4, 0.5) is 51.2 Å². The first kappa shape index (κ1) is 67.3. The maximum absolute atomic E-state index is 13.2. The second kappa shape index (κ2) is 23.1.